The molecule has 0 aliphatic carbocycles. The number of halogens is 2. The zero-order valence-corrected chi connectivity index (χ0v) is 11.9. The van der Waals surface area contributed by atoms with Crippen LogP contribution in [-0.2, 0) is 6.54 Å². The average molecular weight is 288 g/mol. The van der Waals surface area contributed by atoms with E-state index >= 15 is 0 Å². The molecule has 2 heterocycles. The fraction of sp³-hybridized carbons (Fsp3) is 0.615. The number of nitrogens with zero attached hydrogens (tertiary/aromatic N) is 3. The number of pyridine rings is 1. The molecular weight excluding hydrogens is 269 g/mol. The highest BCUT2D eigenvalue weighted by Crippen LogP contribution is 2.26. The van der Waals surface area contributed by atoms with Crippen molar-refractivity contribution < 1.29 is 9.50 Å². The SMILES string of the molecule is CN(C)Cc1nc(Cl)ccc1N1CC[C@@H](F)C(O)C1. The Balaban J connectivity index is 2.23. The highest BCUT2D eigenvalue weighted by atomic mass is 35.5. The minimum atomic E-state index is -1.13. The lowest BCUT2D eigenvalue weighted by Gasteiger charge is -2.35. The fourth-order valence-corrected chi connectivity index (χ4v) is 2.46. The van der Waals surface area contributed by atoms with Gasteiger partial charge in [-0.1, -0.05) is 11.6 Å². The van der Waals surface area contributed by atoms with E-state index in [-0.39, 0.29) is 0 Å². The van der Waals surface area contributed by atoms with Crippen LogP contribution in [0.5, 0.6) is 0 Å². The van der Waals surface area contributed by atoms with Crippen molar-refractivity contribution in [2.45, 2.75) is 25.2 Å². The molecule has 2 atom stereocenters. The van der Waals surface area contributed by atoms with Crippen molar-refractivity contribution in [2.24, 2.45) is 0 Å². The van der Waals surface area contributed by atoms with Gasteiger partial charge < -0.3 is 14.9 Å². The number of hydrogen-bond acceptors (Lipinski definition) is 4. The lowest BCUT2D eigenvalue weighted by molar-refractivity contribution is 0.0644. The smallest absolute Gasteiger partial charge is 0.129 e. The van der Waals surface area contributed by atoms with Gasteiger partial charge in [0.05, 0.1) is 11.4 Å². The quantitative estimate of drug-likeness (QED) is 0.859. The summed E-state index contributed by atoms with van der Waals surface area (Å²) in [6, 6.07) is 3.61. The number of aromatic nitrogens is 1. The van der Waals surface area contributed by atoms with E-state index in [9.17, 15) is 9.50 Å². The van der Waals surface area contributed by atoms with Crippen molar-refractivity contribution in [2.75, 3.05) is 32.1 Å². The zero-order chi connectivity index (χ0) is 14.0. The first-order valence-corrected chi connectivity index (χ1v) is 6.72. The highest BCUT2D eigenvalue weighted by molar-refractivity contribution is 6.29. The Hall–Kier alpha value is -0.910. The van der Waals surface area contributed by atoms with Gasteiger partial charge in [0.1, 0.15) is 17.4 Å². The predicted molar refractivity (Wildman–Crippen MR) is 74.4 cm³/mol. The molecule has 0 amide bonds. The number of piperidine rings is 1. The lowest BCUT2D eigenvalue weighted by Crippen LogP contribution is -2.45. The third-order valence-electron chi connectivity index (χ3n) is 3.22. The van der Waals surface area contributed by atoms with E-state index in [0.717, 1.165) is 11.4 Å². The van der Waals surface area contributed by atoms with Crippen molar-refractivity contribution in [1.29, 1.82) is 0 Å². The minimum absolute atomic E-state index is 0.297. The standard InChI is InChI=1S/C13H19ClFN3O/c1-17(2)7-10-11(3-4-13(14)16-10)18-6-5-9(15)12(19)8-18/h3-4,9,12,19H,5-8H2,1-2H3/t9-,12?/m1/s1. The molecule has 1 aromatic heterocycles. The number of hydrogen-bond donors (Lipinski definition) is 1. The molecule has 0 aromatic carbocycles. The summed E-state index contributed by atoms with van der Waals surface area (Å²) in [6.07, 6.45) is -1.73. The maximum Gasteiger partial charge on any atom is 0.129 e. The van der Waals surface area contributed by atoms with Crippen LogP contribution in [0.1, 0.15) is 12.1 Å². The number of anilines is 1. The van der Waals surface area contributed by atoms with Gasteiger partial charge in [0.2, 0.25) is 0 Å². The molecule has 1 aromatic rings. The minimum Gasteiger partial charge on any atom is -0.388 e. The van der Waals surface area contributed by atoms with Gasteiger partial charge in [-0.15, -0.1) is 0 Å². The molecule has 2 rings (SSSR count). The molecule has 1 saturated heterocycles. The largest absolute Gasteiger partial charge is 0.388 e. The first-order chi connectivity index (χ1) is 8.97. The molecule has 6 heteroatoms. The van der Waals surface area contributed by atoms with E-state index < -0.39 is 12.3 Å². The Morgan fingerprint density at radius 2 is 2.26 bits per heavy atom. The molecule has 1 fully saturated rings. The molecule has 0 saturated carbocycles. The van der Waals surface area contributed by atoms with Crippen LogP contribution in [0.4, 0.5) is 10.1 Å². The van der Waals surface area contributed by atoms with Crippen LogP contribution in [0.25, 0.3) is 0 Å². The van der Waals surface area contributed by atoms with Crippen LogP contribution in [-0.4, -0.2) is 54.5 Å². The van der Waals surface area contributed by atoms with Crippen LogP contribution in [0, 0.1) is 0 Å². The van der Waals surface area contributed by atoms with Crippen molar-refractivity contribution in [1.82, 2.24) is 9.88 Å². The van der Waals surface area contributed by atoms with Crippen molar-refractivity contribution in [3.63, 3.8) is 0 Å². The van der Waals surface area contributed by atoms with Crippen LogP contribution in [0.3, 0.4) is 0 Å². The number of aliphatic hydroxyl groups excluding tert-OH is 1. The number of rotatable bonds is 3. The second kappa shape index (κ2) is 6.03. The Morgan fingerprint density at radius 3 is 2.89 bits per heavy atom. The van der Waals surface area contributed by atoms with Gasteiger partial charge in [0.25, 0.3) is 0 Å². The van der Waals surface area contributed by atoms with E-state index in [1.165, 1.54) is 0 Å². The second-order valence-corrected chi connectivity index (χ2v) is 5.54. The molecule has 19 heavy (non-hydrogen) atoms. The summed E-state index contributed by atoms with van der Waals surface area (Å²) in [6.45, 7) is 1.54. The zero-order valence-electron chi connectivity index (χ0n) is 11.2. The molecule has 0 spiro atoms. The lowest BCUT2D eigenvalue weighted by atomic mass is 10.1. The maximum absolute atomic E-state index is 13.3. The highest BCUT2D eigenvalue weighted by Gasteiger charge is 2.28. The van der Waals surface area contributed by atoms with Crippen LogP contribution in [0.15, 0.2) is 12.1 Å². The van der Waals surface area contributed by atoms with Gasteiger partial charge in [-0.25, -0.2) is 9.37 Å². The number of β-amino-alcohol motifs (C(OH)–C–C–N with tert-alkyl or cyclic N) is 1. The summed E-state index contributed by atoms with van der Waals surface area (Å²) in [5, 5.41) is 10.1. The van der Waals surface area contributed by atoms with Gasteiger partial charge >= 0.3 is 0 Å². The van der Waals surface area contributed by atoms with Gasteiger partial charge in [-0.3, -0.25) is 0 Å². The van der Waals surface area contributed by atoms with E-state index in [1.807, 2.05) is 30.0 Å². The summed E-state index contributed by atoms with van der Waals surface area (Å²) in [5.41, 5.74) is 1.77. The molecule has 4 nitrogen and oxygen atoms in total. The van der Waals surface area contributed by atoms with Gasteiger partial charge in [-0.05, 0) is 32.6 Å². The fourth-order valence-electron chi connectivity index (χ4n) is 2.29. The van der Waals surface area contributed by atoms with Gasteiger partial charge in [0, 0.05) is 19.6 Å². The first-order valence-electron chi connectivity index (χ1n) is 6.34. The molecule has 1 unspecified atom stereocenters. The summed E-state index contributed by atoms with van der Waals surface area (Å²) in [5.74, 6) is 0. The van der Waals surface area contributed by atoms with Crippen LogP contribution < -0.4 is 4.90 Å². The molecule has 106 valence electrons. The van der Waals surface area contributed by atoms with Crippen molar-refractivity contribution in [3.05, 3.63) is 23.0 Å². The van der Waals surface area contributed by atoms with E-state index in [4.69, 9.17) is 11.6 Å². The van der Waals surface area contributed by atoms with E-state index in [0.29, 0.717) is 31.2 Å². The Labute approximate surface area is 117 Å². The number of alkyl halides is 1. The van der Waals surface area contributed by atoms with Crippen molar-refractivity contribution in [3.8, 4) is 0 Å². The average Bonchev–Trinajstić information content (AvgIpc) is 2.32. The van der Waals surface area contributed by atoms with Gasteiger partial charge in [-0.2, -0.15) is 0 Å². The molecule has 1 aliphatic heterocycles. The molecule has 0 radical (unpaired) electrons. The Kier molecular flexibility index (Phi) is 4.60. The predicted octanol–water partition coefficient (Wildman–Crippen LogP) is 1.71. The van der Waals surface area contributed by atoms with Crippen molar-refractivity contribution >= 4 is 17.3 Å². The summed E-state index contributed by atoms with van der Waals surface area (Å²) in [4.78, 5) is 8.31. The normalized spacial score (nSPS) is 24.0. The van der Waals surface area contributed by atoms with E-state index in [1.54, 1.807) is 6.07 Å². The Bertz CT molecular complexity index is 444. The summed E-state index contributed by atoms with van der Waals surface area (Å²) >= 11 is 5.93. The second-order valence-electron chi connectivity index (χ2n) is 5.16. The van der Waals surface area contributed by atoms with Crippen LogP contribution >= 0.6 is 11.6 Å². The molecule has 0 bridgehead atoms. The molecule has 1 N–H and O–H groups in total. The first kappa shape index (κ1) is 14.5. The third-order valence-corrected chi connectivity index (χ3v) is 3.43. The Morgan fingerprint density at radius 1 is 1.53 bits per heavy atom. The third kappa shape index (κ3) is 3.55. The summed E-state index contributed by atoms with van der Waals surface area (Å²) < 4.78 is 13.3. The maximum atomic E-state index is 13.3. The van der Waals surface area contributed by atoms with Gasteiger partial charge in [0.15, 0.2) is 0 Å². The van der Waals surface area contributed by atoms with E-state index in [2.05, 4.69) is 4.98 Å². The molecular formula is C13H19ClFN3O. The molecule has 1 aliphatic rings. The summed E-state index contributed by atoms with van der Waals surface area (Å²) in [7, 11) is 3.91. The topological polar surface area (TPSA) is 39.6 Å². The van der Waals surface area contributed by atoms with Crippen LogP contribution in [0.2, 0.25) is 5.15 Å². The number of aliphatic hydroxyl groups is 1. The monoisotopic (exact) mass is 287 g/mol.